The Morgan fingerprint density at radius 3 is 2.95 bits per heavy atom. The number of halogens is 2. The quantitative estimate of drug-likeness (QED) is 0.888. The summed E-state index contributed by atoms with van der Waals surface area (Å²) >= 11 is 13.3. The van der Waals surface area contributed by atoms with E-state index in [1.54, 1.807) is 16.5 Å². The maximum Gasteiger partial charge on any atom is 0.324 e. The number of urea groups is 1. The molecule has 1 atom stereocenters. The Morgan fingerprint density at radius 2 is 2.24 bits per heavy atom. The van der Waals surface area contributed by atoms with Crippen molar-refractivity contribution >= 4 is 45.7 Å². The highest BCUT2D eigenvalue weighted by molar-refractivity contribution is 7.13. The summed E-state index contributed by atoms with van der Waals surface area (Å²) < 4.78 is 0. The van der Waals surface area contributed by atoms with E-state index in [1.807, 2.05) is 12.1 Å². The third-order valence-electron chi connectivity index (χ3n) is 3.42. The highest BCUT2D eigenvalue weighted by atomic mass is 35.5. The number of rotatable bonds is 2. The standard InChI is InChI=1S/C13H12Cl2N4OS/c14-9-4-3-8(6-10(9)15)11-2-1-5-19(11)13(20)17-12-18-16-7-21-12/h3-4,6-7,11H,1-2,5H2,(H,17,18,20). The van der Waals surface area contributed by atoms with Gasteiger partial charge < -0.3 is 4.90 Å². The van der Waals surface area contributed by atoms with Gasteiger partial charge in [-0.3, -0.25) is 5.32 Å². The molecule has 3 rings (SSSR count). The Bertz CT molecular complexity index is 650. The van der Waals surface area contributed by atoms with E-state index >= 15 is 0 Å². The number of likely N-dealkylation sites (tertiary alicyclic amines) is 1. The van der Waals surface area contributed by atoms with Crippen LogP contribution in [0, 0.1) is 0 Å². The molecule has 1 N–H and O–H groups in total. The predicted molar refractivity (Wildman–Crippen MR) is 84.1 cm³/mol. The van der Waals surface area contributed by atoms with Crippen molar-refractivity contribution in [1.82, 2.24) is 15.1 Å². The number of amides is 2. The molecule has 0 aliphatic carbocycles. The third-order valence-corrected chi connectivity index (χ3v) is 4.76. The SMILES string of the molecule is O=C(Nc1nncs1)N1CCCC1c1ccc(Cl)c(Cl)c1. The van der Waals surface area contributed by atoms with Crippen molar-refractivity contribution in [3.63, 3.8) is 0 Å². The van der Waals surface area contributed by atoms with Crippen molar-refractivity contribution < 1.29 is 4.79 Å². The molecule has 1 aromatic heterocycles. The van der Waals surface area contributed by atoms with E-state index in [4.69, 9.17) is 23.2 Å². The molecule has 0 spiro atoms. The minimum atomic E-state index is -0.166. The Morgan fingerprint density at radius 1 is 1.38 bits per heavy atom. The molecule has 5 nitrogen and oxygen atoms in total. The van der Waals surface area contributed by atoms with Crippen molar-refractivity contribution in [2.75, 3.05) is 11.9 Å². The molecule has 1 aliphatic heterocycles. The van der Waals surface area contributed by atoms with Crippen LogP contribution in [0.5, 0.6) is 0 Å². The van der Waals surface area contributed by atoms with Gasteiger partial charge in [-0.25, -0.2) is 4.79 Å². The largest absolute Gasteiger partial charge is 0.324 e. The zero-order valence-corrected chi connectivity index (χ0v) is 13.3. The minimum absolute atomic E-state index is 0.00712. The topological polar surface area (TPSA) is 58.1 Å². The molecule has 110 valence electrons. The van der Waals surface area contributed by atoms with E-state index in [-0.39, 0.29) is 12.1 Å². The van der Waals surface area contributed by atoms with Crippen LogP contribution in [-0.2, 0) is 0 Å². The zero-order chi connectivity index (χ0) is 14.8. The summed E-state index contributed by atoms with van der Waals surface area (Å²) in [5.74, 6) is 0. The maximum absolute atomic E-state index is 12.3. The van der Waals surface area contributed by atoms with Crippen molar-refractivity contribution in [3.05, 3.63) is 39.3 Å². The van der Waals surface area contributed by atoms with E-state index in [0.717, 1.165) is 18.4 Å². The lowest BCUT2D eigenvalue weighted by molar-refractivity contribution is 0.207. The number of carbonyl (C=O) groups is 1. The number of nitrogens with one attached hydrogen (secondary N) is 1. The fraction of sp³-hybridized carbons (Fsp3) is 0.308. The Hall–Kier alpha value is -1.37. The van der Waals surface area contributed by atoms with Gasteiger partial charge >= 0.3 is 6.03 Å². The fourth-order valence-electron chi connectivity index (χ4n) is 2.47. The van der Waals surface area contributed by atoms with Crippen LogP contribution < -0.4 is 5.32 Å². The van der Waals surface area contributed by atoms with Crippen molar-refractivity contribution in [2.24, 2.45) is 0 Å². The summed E-state index contributed by atoms with van der Waals surface area (Å²) in [6, 6.07) is 5.34. The lowest BCUT2D eigenvalue weighted by Gasteiger charge is -2.25. The lowest BCUT2D eigenvalue weighted by atomic mass is 10.0. The Labute approximate surface area is 135 Å². The summed E-state index contributed by atoms with van der Waals surface area (Å²) in [6.45, 7) is 0.704. The smallest absolute Gasteiger partial charge is 0.317 e. The first-order valence-electron chi connectivity index (χ1n) is 6.44. The van der Waals surface area contributed by atoms with Crippen molar-refractivity contribution in [1.29, 1.82) is 0 Å². The molecule has 2 heterocycles. The molecule has 1 aromatic carbocycles. The van der Waals surface area contributed by atoms with Crippen LogP contribution in [0.4, 0.5) is 9.93 Å². The summed E-state index contributed by atoms with van der Waals surface area (Å²) in [5.41, 5.74) is 2.57. The first-order valence-corrected chi connectivity index (χ1v) is 8.07. The molecule has 21 heavy (non-hydrogen) atoms. The van der Waals surface area contributed by atoms with Gasteiger partial charge in [0.1, 0.15) is 5.51 Å². The van der Waals surface area contributed by atoms with Gasteiger partial charge in [0.2, 0.25) is 5.13 Å². The van der Waals surface area contributed by atoms with Gasteiger partial charge in [0.15, 0.2) is 0 Å². The molecule has 1 saturated heterocycles. The number of hydrogen-bond donors (Lipinski definition) is 1. The first kappa shape index (κ1) is 14.6. The van der Waals surface area contributed by atoms with E-state index < -0.39 is 0 Å². The monoisotopic (exact) mass is 342 g/mol. The summed E-state index contributed by atoms with van der Waals surface area (Å²) in [5, 5.41) is 11.8. The molecular formula is C13H12Cl2N4OS. The van der Waals surface area contributed by atoms with E-state index in [1.165, 1.54) is 11.3 Å². The van der Waals surface area contributed by atoms with Crippen LogP contribution in [0.1, 0.15) is 24.4 Å². The van der Waals surface area contributed by atoms with E-state index in [2.05, 4.69) is 15.5 Å². The number of aromatic nitrogens is 2. The number of benzene rings is 1. The van der Waals surface area contributed by atoms with Crippen molar-refractivity contribution in [2.45, 2.75) is 18.9 Å². The Balaban J connectivity index is 1.78. The summed E-state index contributed by atoms with van der Waals surface area (Å²) in [6.07, 6.45) is 1.86. The highest BCUT2D eigenvalue weighted by Crippen LogP contribution is 2.35. The second-order valence-corrected chi connectivity index (χ2v) is 6.35. The number of hydrogen-bond acceptors (Lipinski definition) is 4. The van der Waals surface area contributed by atoms with Crippen LogP contribution in [0.2, 0.25) is 10.0 Å². The van der Waals surface area contributed by atoms with Gasteiger partial charge in [0.25, 0.3) is 0 Å². The number of nitrogens with zero attached hydrogens (tertiary/aromatic N) is 3. The van der Waals surface area contributed by atoms with Gasteiger partial charge in [-0.15, -0.1) is 10.2 Å². The molecule has 1 aliphatic rings. The molecule has 0 radical (unpaired) electrons. The zero-order valence-electron chi connectivity index (χ0n) is 10.9. The molecule has 2 amide bonds. The van der Waals surface area contributed by atoms with Crippen LogP contribution >= 0.6 is 34.5 Å². The molecule has 0 saturated carbocycles. The molecule has 8 heteroatoms. The molecule has 1 unspecified atom stereocenters. The van der Waals surface area contributed by atoms with E-state index in [0.29, 0.717) is 21.7 Å². The average molecular weight is 343 g/mol. The second kappa shape index (κ2) is 6.17. The van der Waals surface area contributed by atoms with Gasteiger partial charge in [-0.05, 0) is 30.5 Å². The Kier molecular flexibility index (Phi) is 4.28. The van der Waals surface area contributed by atoms with Gasteiger partial charge in [0, 0.05) is 6.54 Å². The predicted octanol–water partition coefficient (Wildman–Crippen LogP) is 4.21. The molecular weight excluding hydrogens is 331 g/mol. The normalized spacial score (nSPS) is 18.0. The molecule has 2 aromatic rings. The molecule has 0 bridgehead atoms. The molecule has 1 fully saturated rings. The van der Waals surface area contributed by atoms with Crippen molar-refractivity contribution in [3.8, 4) is 0 Å². The van der Waals surface area contributed by atoms with Crippen LogP contribution in [0.3, 0.4) is 0 Å². The van der Waals surface area contributed by atoms with E-state index in [9.17, 15) is 4.79 Å². The second-order valence-electron chi connectivity index (χ2n) is 4.70. The first-order chi connectivity index (χ1) is 10.1. The summed E-state index contributed by atoms with van der Waals surface area (Å²) in [7, 11) is 0. The van der Waals surface area contributed by atoms with Crippen LogP contribution in [0.25, 0.3) is 0 Å². The van der Waals surface area contributed by atoms with Crippen LogP contribution in [-0.4, -0.2) is 27.7 Å². The van der Waals surface area contributed by atoms with Gasteiger partial charge in [-0.1, -0.05) is 40.6 Å². The highest BCUT2D eigenvalue weighted by Gasteiger charge is 2.30. The maximum atomic E-state index is 12.3. The number of anilines is 1. The fourth-order valence-corrected chi connectivity index (χ4v) is 3.21. The van der Waals surface area contributed by atoms with Gasteiger partial charge in [-0.2, -0.15) is 0 Å². The minimum Gasteiger partial charge on any atom is -0.317 e. The van der Waals surface area contributed by atoms with Crippen LogP contribution in [0.15, 0.2) is 23.7 Å². The summed E-state index contributed by atoms with van der Waals surface area (Å²) in [4.78, 5) is 14.1. The lowest BCUT2D eigenvalue weighted by Crippen LogP contribution is -2.34. The van der Waals surface area contributed by atoms with Gasteiger partial charge in [0.05, 0.1) is 16.1 Å². The third kappa shape index (κ3) is 3.12. The number of carbonyl (C=O) groups excluding carboxylic acids is 1. The average Bonchev–Trinajstić information content (AvgIpc) is 3.12.